The molecule has 0 unspecified atom stereocenters. The summed E-state index contributed by atoms with van der Waals surface area (Å²) in [5.74, 6) is 2.76. The van der Waals surface area contributed by atoms with E-state index in [9.17, 15) is 45.6 Å². The Morgan fingerprint density at radius 1 is 0.765 bits per heavy atom. The third kappa shape index (κ3) is 8.70. The summed E-state index contributed by atoms with van der Waals surface area (Å²) < 4.78 is 14.8. The Hall–Kier alpha value is -5.39. The van der Waals surface area contributed by atoms with E-state index in [0.717, 1.165) is 135 Å². The molecule has 3 aromatic carbocycles. The molecule has 14 bridgehead atoms. The Morgan fingerprint density at radius 3 is 2.47 bits per heavy atom. The van der Waals surface area contributed by atoms with E-state index < -0.39 is 86.4 Å². The molecule has 0 aromatic heterocycles. The quantitative estimate of drug-likeness (QED) is 0.0647. The van der Waals surface area contributed by atoms with Crippen molar-refractivity contribution < 1.29 is 64.7 Å². The molecule has 10 N–H and O–H groups in total. The number of nitrogens with one attached hydrogen (secondary N) is 2. The van der Waals surface area contributed by atoms with Gasteiger partial charge in [0.1, 0.15) is 46.3 Å². The second-order valence-electron chi connectivity index (χ2n) is 36.4. The summed E-state index contributed by atoms with van der Waals surface area (Å²) in [6.45, 7) is -0.340. The molecule has 2 saturated heterocycles. The summed E-state index contributed by atoms with van der Waals surface area (Å²) in [4.78, 5) is 48.4. The van der Waals surface area contributed by atoms with Crippen LogP contribution in [0.15, 0.2) is 107 Å². The third-order valence-corrected chi connectivity index (χ3v) is 35.1. The lowest BCUT2D eigenvalue weighted by molar-refractivity contribution is -0.461. The van der Waals surface area contributed by atoms with Gasteiger partial charge in [0.15, 0.2) is 17.7 Å². The molecule has 18 aliphatic rings. The normalized spacial score (nSPS) is 46.5. The summed E-state index contributed by atoms with van der Waals surface area (Å²) in [5, 5.41) is 110. The van der Waals surface area contributed by atoms with Crippen LogP contribution in [0.25, 0.3) is 0 Å². The molecule has 3 aromatic rings. The van der Waals surface area contributed by atoms with Gasteiger partial charge in [-0.3, -0.25) is 9.59 Å². The molecule has 9 saturated carbocycles. The van der Waals surface area contributed by atoms with Crippen LogP contribution in [0, 0.1) is 104 Å². The number of aliphatic hydroxyl groups is 7. The van der Waals surface area contributed by atoms with Crippen molar-refractivity contribution >= 4 is 39.4 Å². The summed E-state index contributed by atoms with van der Waals surface area (Å²) in [5.41, 5.74) is -0.964. The number of aromatic hydroxyl groups is 1. The van der Waals surface area contributed by atoms with E-state index in [1.165, 1.54) is 52.7 Å². The first-order valence-corrected chi connectivity index (χ1v) is 41.4. The first kappa shape index (κ1) is 66.1. The molecular formula is C85H98N2O13S2. The fourth-order valence-electron chi connectivity index (χ4n) is 29.0. The van der Waals surface area contributed by atoms with Crippen molar-refractivity contribution in [1.82, 2.24) is 10.6 Å². The number of ketones is 2. The fraction of sp³-hybridized carbons (Fsp3) is 0.635. The van der Waals surface area contributed by atoms with E-state index >= 15 is 9.59 Å². The van der Waals surface area contributed by atoms with Gasteiger partial charge in [-0.2, -0.15) is 0 Å². The van der Waals surface area contributed by atoms with Crippen molar-refractivity contribution in [3.63, 3.8) is 0 Å². The molecular weight excluding hydrogens is 1320 g/mol. The lowest BCUT2D eigenvalue weighted by atomic mass is 9.42. The molecule has 21 rings (SSSR count). The van der Waals surface area contributed by atoms with Crippen LogP contribution in [0.4, 0.5) is 0 Å². The number of benzene rings is 3. The van der Waals surface area contributed by atoms with Gasteiger partial charge in [-0.25, -0.2) is 0 Å². The van der Waals surface area contributed by atoms with Crippen molar-refractivity contribution in [2.75, 3.05) is 19.0 Å². The monoisotopic (exact) mass is 1420 g/mol. The molecule has 15 nitrogen and oxygen atoms in total. The van der Waals surface area contributed by atoms with Crippen LogP contribution in [-0.2, 0) is 29.0 Å². The van der Waals surface area contributed by atoms with E-state index in [2.05, 4.69) is 34.6 Å². The first-order chi connectivity index (χ1) is 49.3. The predicted molar refractivity (Wildman–Crippen MR) is 385 cm³/mol. The second kappa shape index (κ2) is 22.8. The highest BCUT2D eigenvalue weighted by atomic mass is 33.1. The molecule has 23 atom stereocenters. The van der Waals surface area contributed by atoms with Crippen LogP contribution in [0.5, 0.6) is 11.5 Å². The average molecular weight is 1420 g/mol. The molecule has 0 amide bonds. The topological polar surface area (TPSA) is 256 Å². The molecule has 538 valence electrons. The number of rotatable bonds is 5. The molecule has 4 heterocycles. The zero-order chi connectivity index (χ0) is 69.5. The summed E-state index contributed by atoms with van der Waals surface area (Å²) >= 11 is 0. The number of fused-ring (bicyclic) bond motifs is 4. The molecule has 11 fully saturated rings. The number of hydrogen-bond acceptors (Lipinski definition) is 17. The SMILES string of the molecule is O=C[C@H]1C[C@@]2(CC[C@@]3(C[C@@H]4Cc5cccc(O)c5C#CC[C@H]5CC[C@@]3(C4)C5)C2)C[C@@]12C[C@@H]1C[C@@H]3C[C@@H]4[C@@H]5[C@@]1(C2)C1=C3CNC(=C1)NCSS[C@H]1CC[C@@]2(O)CCCC[C@@H]2CCC2=C(Cc3cccc(CO)c3)C=C(O)[C@]13C(=O)c1c(cccc1C(=O)[C@@H]23)O[C@]12CC[C@@H]4[C@](CO)(O1)[C@@H](O)[C@]5(O)[C@H]2O. The number of aldehydes is 1. The number of carbonyl (C=O) groups excluding carboxylic acids is 3. The average Bonchev–Trinajstić information content (AvgIpc) is 1.36. The van der Waals surface area contributed by atoms with E-state index in [4.69, 9.17) is 9.47 Å². The number of carbonyl (C=O) groups is 3. The van der Waals surface area contributed by atoms with Gasteiger partial charge in [0.2, 0.25) is 5.79 Å². The number of allylic oxidation sites excluding steroid dienone is 6. The van der Waals surface area contributed by atoms with Crippen molar-refractivity contribution in [2.24, 2.45) is 91.7 Å². The minimum atomic E-state index is -2.40. The number of hydrogen-bond donors (Lipinski definition) is 10. The molecule has 17 heteroatoms. The van der Waals surface area contributed by atoms with Crippen molar-refractivity contribution in [3.8, 4) is 23.3 Å². The lowest BCUT2D eigenvalue weighted by Crippen LogP contribution is -2.88. The van der Waals surface area contributed by atoms with Crippen molar-refractivity contribution in [1.29, 1.82) is 0 Å². The van der Waals surface area contributed by atoms with E-state index in [1.54, 1.807) is 30.3 Å². The van der Waals surface area contributed by atoms with Crippen LogP contribution in [0.3, 0.4) is 0 Å². The standard InChI is InChI=1S/C85H98N2O13S2/c88-40-49-9-3-8-48(27-49)28-52-32-66(92)84-67-20-23-80(97)21-2-1-11-54(80)16-17-58(52)70(84)71(93)59-13-6-15-65(69(59)73(84)94)99-83-24-19-62-60-31-53-30-55-38-77(44-81(55,63-33-68(86-39-61(53)63)87-46-101-102-67)72(60)85(98,75(83)96)74(95)82(62,45-90)100-83)42-76(37-56(77)41-89)25-26-79(43-76)36-50-29-51-10-5-14-64(91)57(51)12-4-7-47-18-22-78(79,34-47)35-50/h3,5-6,8-10,13-15,27,32-33,41,47,50,53-56,60,62,67,70,72,74-75,86-88,90-92,95-98H,1-2,7,11,16-26,28-31,34-40,42-46H2/t47-,50+,53+,54+,55-,56+,60-,62-,67-,70+,72+,74+,75-,76-,77+,78-,79+,80-,81+,82-,83+,84-,85-/m0/s1. The predicted octanol–water partition coefficient (Wildman–Crippen LogP) is 12.1. The van der Waals surface area contributed by atoms with Gasteiger partial charge in [-0.05, 0) is 268 Å². The lowest BCUT2D eigenvalue weighted by Gasteiger charge is -2.72. The van der Waals surface area contributed by atoms with Crippen LogP contribution in [0.1, 0.15) is 203 Å². The Morgan fingerprint density at radius 2 is 1.61 bits per heavy atom. The van der Waals surface area contributed by atoms with Crippen LogP contribution in [-0.4, -0.2) is 118 Å². The Labute approximate surface area is 605 Å². The first-order valence-electron chi connectivity index (χ1n) is 39.1. The number of Topliss-reactive ketones (excluding diaryl/α,β-unsaturated/α-hetero) is 2. The number of ether oxygens (including phenoxy) is 2. The third-order valence-electron chi connectivity index (χ3n) is 32.4. The highest BCUT2D eigenvalue weighted by Gasteiger charge is 2.85. The van der Waals surface area contributed by atoms with Gasteiger partial charge in [0.25, 0.3) is 0 Å². The number of aliphatic hydroxyl groups excluding tert-OH is 5. The van der Waals surface area contributed by atoms with E-state index in [1.807, 2.05) is 30.3 Å². The summed E-state index contributed by atoms with van der Waals surface area (Å²) in [6, 6.07) is 18.5. The largest absolute Gasteiger partial charge is 0.511 e. The Balaban J connectivity index is 0.723. The molecule has 7 spiro atoms. The summed E-state index contributed by atoms with van der Waals surface area (Å²) in [7, 11) is 2.99. The fourth-order valence-corrected chi connectivity index (χ4v) is 31.8. The highest BCUT2D eigenvalue weighted by Crippen LogP contribution is 2.83. The molecule has 4 aliphatic heterocycles. The van der Waals surface area contributed by atoms with Gasteiger partial charge in [-0.1, -0.05) is 100 Å². The maximum Gasteiger partial charge on any atom is 0.240 e. The summed E-state index contributed by atoms with van der Waals surface area (Å²) in [6.07, 6.45) is 22.4. The number of phenols is 1. The highest BCUT2D eigenvalue weighted by molar-refractivity contribution is 8.76. The Kier molecular flexibility index (Phi) is 14.8. The van der Waals surface area contributed by atoms with Gasteiger partial charge >= 0.3 is 0 Å². The van der Waals surface area contributed by atoms with Gasteiger partial charge in [0.05, 0.1) is 47.6 Å². The van der Waals surface area contributed by atoms with Gasteiger partial charge in [-0.15, -0.1) is 0 Å². The second-order valence-corrected chi connectivity index (χ2v) is 39.0. The number of dihydropyridines is 1. The maximum atomic E-state index is 17.2. The molecule has 14 aliphatic carbocycles. The maximum absolute atomic E-state index is 17.2. The van der Waals surface area contributed by atoms with Crippen LogP contribution >= 0.6 is 21.6 Å². The zero-order valence-corrected chi connectivity index (χ0v) is 60.0. The van der Waals surface area contributed by atoms with E-state index in [-0.39, 0.29) is 99.5 Å². The minimum absolute atomic E-state index is 0.0167. The van der Waals surface area contributed by atoms with Crippen molar-refractivity contribution in [3.05, 3.63) is 140 Å². The number of phenolic OH excluding ortho intramolecular Hbond substituents is 1. The molecule has 102 heavy (non-hydrogen) atoms. The zero-order valence-electron chi connectivity index (χ0n) is 58.4. The van der Waals surface area contributed by atoms with E-state index in [0.29, 0.717) is 75.6 Å². The Bertz CT molecular complexity index is 4330. The van der Waals surface area contributed by atoms with Gasteiger partial charge < -0.3 is 65.8 Å². The molecule has 0 radical (unpaired) electrons. The van der Waals surface area contributed by atoms with Crippen molar-refractivity contribution in [2.45, 2.75) is 220 Å². The smallest absolute Gasteiger partial charge is 0.240 e. The van der Waals surface area contributed by atoms with Gasteiger partial charge in [0, 0.05) is 47.5 Å². The van der Waals surface area contributed by atoms with Crippen LogP contribution in [0.2, 0.25) is 0 Å². The minimum Gasteiger partial charge on any atom is -0.511 e. The van der Waals surface area contributed by atoms with Crippen LogP contribution < -0.4 is 15.4 Å².